The molecule has 5 rings (SSSR count). The van der Waals surface area contributed by atoms with Gasteiger partial charge in [0.2, 0.25) is 0 Å². The van der Waals surface area contributed by atoms with Crippen LogP contribution < -0.4 is 5.32 Å². The molecule has 1 heterocycles. The van der Waals surface area contributed by atoms with Crippen LogP contribution in [0.3, 0.4) is 0 Å². The summed E-state index contributed by atoms with van der Waals surface area (Å²) in [6.07, 6.45) is 6.55. The number of hydrogen-bond acceptors (Lipinski definition) is 5. The number of nitrogens with zero attached hydrogens (tertiary/aromatic N) is 2. The first-order chi connectivity index (χ1) is 20.7. The van der Waals surface area contributed by atoms with Crippen molar-refractivity contribution in [1.82, 2.24) is 14.9 Å². The summed E-state index contributed by atoms with van der Waals surface area (Å²) in [6.45, 7) is 2.95. The molecule has 0 radical (unpaired) electrons. The van der Waals surface area contributed by atoms with Crippen molar-refractivity contribution in [3.63, 3.8) is 0 Å². The van der Waals surface area contributed by atoms with Crippen LogP contribution in [0, 0.1) is 5.82 Å². The van der Waals surface area contributed by atoms with Crippen molar-refractivity contribution in [2.45, 2.75) is 35.7 Å². The van der Waals surface area contributed by atoms with Gasteiger partial charge >= 0.3 is 0 Å². The van der Waals surface area contributed by atoms with E-state index in [1.807, 2.05) is 12.1 Å². The molecule has 2 atom stereocenters. The molecule has 0 bridgehead atoms. The maximum atomic E-state index is 15.5. The van der Waals surface area contributed by atoms with Gasteiger partial charge in [0.05, 0.1) is 16.3 Å². The van der Waals surface area contributed by atoms with Crippen molar-refractivity contribution in [2.24, 2.45) is 0 Å². The van der Waals surface area contributed by atoms with Gasteiger partial charge in [-0.1, -0.05) is 96.0 Å². The third kappa shape index (κ3) is 5.49. The Hall–Kier alpha value is -3.76. The van der Waals surface area contributed by atoms with E-state index in [0.717, 1.165) is 11.8 Å². The summed E-state index contributed by atoms with van der Waals surface area (Å²) >= 11 is 13.8. The summed E-state index contributed by atoms with van der Waals surface area (Å²) in [7, 11) is -4.36. The van der Waals surface area contributed by atoms with E-state index in [0.29, 0.717) is 11.1 Å². The first-order valence-corrected chi connectivity index (χ1v) is 16.3. The fourth-order valence-electron chi connectivity index (χ4n) is 5.21. The number of benzene rings is 3. The van der Waals surface area contributed by atoms with Crippen LogP contribution in [0.1, 0.15) is 30.7 Å². The predicted octanol–water partition coefficient (Wildman–Crippen LogP) is 6.21. The van der Waals surface area contributed by atoms with Gasteiger partial charge < -0.3 is 15.0 Å². The molecule has 4 aromatic rings. The number of amides is 1. The quantitative estimate of drug-likeness (QED) is 0.220. The lowest BCUT2D eigenvalue weighted by Gasteiger charge is -2.44. The van der Waals surface area contributed by atoms with Crippen LogP contribution in [-0.4, -0.2) is 39.4 Å². The average Bonchev–Trinajstić information content (AvgIpc) is 3.42. The van der Waals surface area contributed by atoms with Gasteiger partial charge in [0.1, 0.15) is 17.2 Å². The van der Waals surface area contributed by atoms with E-state index in [2.05, 4.69) is 10.3 Å². The Kier molecular flexibility index (Phi) is 8.37. The largest absolute Gasteiger partial charge is 0.384 e. The highest BCUT2D eigenvalue weighted by molar-refractivity contribution is 7.93. The number of aromatic nitrogens is 2. The van der Waals surface area contributed by atoms with Crippen molar-refractivity contribution in [3.8, 4) is 11.4 Å². The van der Waals surface area contributed by atoms with E-state index in [1.165, 1.54) is 55.0 Å². The number of alkyl halides is 1. The summed E-state index contributed by atoms with van der Waals surface area (Å²) in [5.74, 6) is -1.78. The van der Waals surface area contributed by atoms with E-state index in [-0.39, 0.29) is 28.6 Å². The summed E-state index contributed by atoms with van der Waals surface area (Å²) in [5, 5.41) is 13.8. The van der Waals surface area contributed by atoms with Crippen molar-refractivity contribution in [1.29, 1.82) is 0 Å². The van der Waals surface area contributed by atoms with Gasteiger partial charge in [-0.2, -0.15) is 0 Å². The second-order valence-electron chi connectivity index (χ2n) is 11.1. The number of halogens is 3. The molecule has 0 aliphatic heterocycles. The normalized spacial score (nSPS) is 20.3. The zero-order chi connectivity index (χ0) is 31.9. The van der Waals surface area contributed by atoms with Gasteiger partial charge in [-0.25, -0.2) is 17.8 Å². The number of carbonyl (C=O) groups is 1. The number of imidazole rings is 1. The highest BCUT2D eigenvalue weighted by atomic mass is 35.5. The maximum Gasteiger partial charge on any atom is 0.253 e. The molecule has 44 heavy (non-hydrogen) atoms. The zero-order valence-electron chi connectivity index (χ0n) is 24.1. The van der Waals surface area contributed by atoms with Crippen LogP contribution in [0.2, 0.25) is 5.02 Å². The van der Waals surface area contributed by atoms with Crippen LogP contribution in [-0.2, 0) is 32.3 Å². The number of allylic oxidation sites excluding steroid dienone is 2. The van der Waals surface area contributed by atoms with Crippen molar-refractivity contribution in [3.05, 3.63) is 131 Å². The number of sulfone groups is 1. The predicted molar refractivity (Wildman–Crippen MR) is 171 cm³/mol. The molecule has 2 N–H and O–H groups in total. The van der Waals surface area contributed by atoms with E-state index < -0.39 is 36.9 Å². The minimum Gasteiger partial charge on any atom is -0.384 e. The van der Waals surface area contributed by atoms with Crippen LogP contribution in [0.5, 0.6) is 0 Å². The zero-order valence-corrected chi connectivity index (χ0v) is 26.5. The minimum atomic E-state index is -4.36. The van der Waals surface area contributed by atoms with Crippen LogP contribution in [0.4, 0.5) is 4.39 Å². The third-order valence-electron chi connectivity index (χ3n) is 7.55. The molecule has 228 valence electrons. The van der Waals surface area contributed by atoms with Crippen molar-refractivity contribution < 1.29 is 22.7 Å². The van der Waals surface area contributed by atoms with Gasteiger partial charge in [-0.05, 0) is 54.8 Å². The lowest BCUT2D eigenvalue weighted by Crippen LogP contribution is -2.63. The van der Waals surface area contributed by atoms with E-state index in [9.17, 15) is 18.3 Å². The summed E-state index contributed by atoms with van der Waals surface area (Å²) in [6, 6.07) is 22.0. The fraction of sp³-hybridized carbons (Fsp3) is 0.212. The highest BCUT2D eigenvalue weighted by Crippen LogP contribution is 2.50. The summed E-state index contributed by atoms with van der Waals surface area (Å²) in [4.78, 5) is 19.2. The molecule has 0 saturated heterocycles. The lowest BCUT2D eigenvalue weighted by molar-refractivity contribution is -0.128. The SMILES string of the molecule is CC(C)(O)c1cn(C2(C(=O)NCc3ccccc3)C=CC(c3ccccc3)=CC2(Cl)S(C)(=O)=O)c(-c2c(F)cccc2Cl)n1. The molecule has 0 saturated carbocycles. The number of nitrogens with one attached hydrogen (secondary N) is 1. The Morgan fingerprint density at radius 2 is 1.68 bits per heavy atom. The standard InChI is InChI=1S/C33H30Cl2FN3O4S/c1-31(2,41)27-21-39(29(38-27)28-25(34)15-10-16-26(28)36)32(30(40)37-20-22-11-6-4-7-12-22)18-17-24(23-13-8-5-9-14-23)19-33(32,35)44(3,42)43/h4-19,21,41H,20H2,1-3H3,(H,37,40). The second kappa shape index (κ2) is 11.6. The number of rotatable bonds is 8. The molecule has 1 aliphatic rings. The lowest BCUT2D eigenvalue weighted by atomic mass is 9.83. The van der Waals surface area contributed by atoms with Gasteiger partial charge in [-0.15, -0.1) is 0 Å². The maximum absolute atomic E-state index is 15.5. The van der Waals surface area contributed by atoms with E-state index >= 15 is 4.39 Å². The molecule has 1 aromatic heterocycles. The van der Waals surface area contributed by atoms with Gasteiger partial charge in [0, 0.05) is 19.0 Å². The second-order valence-corrected chi connectivity index (χ2v) is 14.5. The molecule has 0 fully saturated rings. The Morgan fingerprint density at radius 3 is 2.27 bits per heavy atom. The van der Waals surface area contributed by atoms with Gasteiger partial charge in [-0.3, -0.25) is 4.79 Å². The van der Waals surface area contributed by atoms with Crippen LogP contribution in [0.25, 0.3) is 17.0 Å². The third-order valence-corrected chi connectivity index (χ3v) is 10.6. The monoisotopic (exact) mass is 653 g/mol. The van der Waals surface area contributed by atoms with Gasteiger partial charge in [0.25, 0.3) is 5.91 Å². The van der Waals surface area contributed by atoms with E-state index in [1.54, 1.807) is 54.6 Å². The molecule has 1 amide bonds. The first-order valence-electron chi connectivity index (χ1n) is 13.6. The molecule has 7 nitrogen and oxygen atoms in total. The molecule has 0 spiro atoms. The molecule has 3 aromatic carbocycles. The Labute approximate surface area is 265 Å². The molecule has 11 heteroatoms. The molecular formula is C33H30Cl2FN3O4S. The molecular weight excluding hydrogens is 624 g/mol. The minimum absolute atomic E-state index is 0.0285. The van der Waals surface area contributed by atoms with Crippen molar-refractivity contribution >= 4 is 44.5 Å². The smallest absolute Gasteiger partial charge is 0.253 e. The van der Waals surface area contributed by atoms with Crippen molar-refractivity contribution in [2.75, 3.05) is 6.26 Å². The highest BCUT2D eigenvalue weighted by Gasteiger charge is 2.63. The van der Waals surface area contributed by atoms with E-state index in [4.69, 9.17) is 23.2 Å². The van der Waals surface area contributed by atoms with Gasteiger partial charge in [0.15, 0.2) is 19.6 Å². The molecule has 1 aliphatic carbocycles. The Bertz CT molecular complexity index is 1870. The number of hydrogen-bond donors (Lipinski definition) is 2. The summed E-state index contributed by atoms with van der Waals surface area (Å²) in [5.41, 5.74) is -2.17. The Morgan fingerprint density at radius 1 is 1.05 bits per heavy atom. The topological polar surface area (TPSA) is 101 Å². The van der Waals surface area contributed by atoms with Crippen LogP contribution >= 0.6 is 23.2 Å². The number of carbonyl (C=O) groups excluding carboxylic acids is 1. The van der Waals surface area contributed by atoms with Crippen LogP contribution in [0.15, 0.2) is 103 Å². The number of aliphatic hydroxyl groups is 1. The first kappa shape index (κ1) is 31.7. The molecule has 2 unspecified atom stereocenters. The summed E-state index contributed by atoms with van der Waals surface area (Å²) < 4.78 is 42.0. The average molecular weight is 655 g/mol. The Balaban J connectivity index is 1.85. The fourth-order valence-corrected chi connectivity index (χ4v) is 6.98.